The van der Waals surface area contributed by atoms with E-state index in [1.54, 1.807) is 0 Å². The number of ether oxygens (including phenoxy) is 1. The Bertz CT molecular complexity index is 175. The molecule has 0 aromatic rings. The van der Waals surface area contributed by atoms with Gasteiger partial charge in [-0.1, -0.05) is 13.8 Å². The molecular weight excluding hydrogens is 208 g/mol. The zero-order chi connectivity index (χ0) is 12.2. The summed E-state index contributed by atoms with van der Waals surface area (Å²) in [6.45, 7) is 7.22. The molecular formula is C11H24N2O3. The first-order valence-electron chi connectivity index (χ1n) is 5.82. The van der Waals surface area contributed by atoms with Gasteiger partial charge in [0.1, 0.15) is 0 Å². The highest BCUT2D eigenvalue weighted by atomic mass is 16.5. The molecule has 0 saturated carbocycles. The zero-order valence-corrected chi connectivity index (χ0v) is 10.3. The minimum Gasteiger partial charge on any atom is -0.394 e. The molecule has 0 aliphatic rings. The predicted octanol–water partition coefficient (Wildman–Crippen LogP) is -0.253. The van der Waals surface area contributed by atoms with Gasteiger partial charge in [-0.2, -0.15) is 0 Å². The zero-order valence-electron chi connectivity index (χ0n) is 10.3. The van der Waals surface area contributed by atoms with Gasteiger partial charge in [0, 0.05) is 26.1 Å². The van der Waals surface area contributed by atoms with Gasteiger partial charge in [-0.15, -0.1) is 0 Å². The van der Waals surface area contributed by atoms with Gasteiger partial charge in [-0.25, -0.2) is 0 Å². The van der Waals surface area contributed by atoms with E-state index in [-0.39, 0.29) is 12.5 Å². The molecule has 16 heavy (non-hydrogen) atoms. The lowest BCUT2D eigenvalue weighted by Crippen LogP contribution is -2.31. The van der Waals surface area contributed by atoms with Crippen LogP contribution in [0.5, 0.6) is 0 Å². The smallest absolute Gasteiger partial charge is 0.221 e. The molecule has 5 heteroatoms. The van der Waals surface area contributed by atoms with E-state index in [9.17, 15) is 4.79 Å². The highest BCUT2D eigenvalue weighted by molar-refractivity contribution is 5.76. The van der Waals surface area contributed by atoms with Crippen LogP contribution in [0.1, 0.15) is 20.3 Å². The molecule has 5 nitrogen and oxygen atoms in total. The summed E-state index contributed by atoms with van der Waals surface area (Å²) in [5.41, 5.74) is 0. The first kappa shape index (κ1) is 15.3. The van der Waals surface area contributed by atoms with Crippen molar-refractivity contribution in [3.8, 4) is 0 Å². The second-order valence-electron chi connectivity index (χ2n) is 4.03. The van der Waals surface area contributed by atoms with Gasteiger partial charge in [0.15, 0.2) is 0 Å². The number of aliphatic hydroxyl groups is 1. The first-order valence-corrected chi connectivity index (χ1v) is 5.82. The van der Waals surface area contributed by atoms with Gasteiger partial charge in [-0.05, 0) is 5.92 Å². The van der Waals surface area contributed by atoms with Crippen LogP contribution < -0.4 is 10.6 Å². The van der Waals surface area contributed by atoms with E-state index in [1.165, 1.54) is 0 Å². The van der Waals surface area contributed by atoms with E-state index < -0.39 is 0 Å². The maximum absolute atomic E-state index is 11.3. The number of rotatable bonds is 10. The van der Waals surface area contributed by atoms with Crippen molar-refractivity contribution in [3.05, 3.63) is 0 Å². The molecule has 0 aliphatic heterocycles. The fourth-order valence-electron chi connectivity index (χ4n) is 1.04. The van der Waals surface area contributed by atoms with Crippen LogP contribution in [0.2, 0.25) is 0 Å². The molecule has 0 bridgehead atoms. The van der Waals surface area contributed by atoms with Crippen molar-refractivity contribution in [1.29, 1.82) is 0 Å². The number of hydrogen-bond acceptors (Lipinski definition) is 4. The lowest BCUT2D eigenvalue weighted by molar-refractivity contribution is -0.121. The molecule has 0 aromatic heterocycles. The van der Waals surface area contributed by atoms with E-state index in [0.29, 0.717) is 38.6 Å². The molecule has 0 atom stereocenters. The number of carbonyl (C=O) groups is 1. The number of nitrogens with one attached hydrogen (secondary N) is 2. The van der Waals surface area contributed by atoms with E-state index in [2.05, 4.69) is 24.5 Å². The van der Waals surface area contributed by atoms with Crippen LogP contribution in [0.4, 0.5) is 0 Å². The van der Waals surface area contributed by atoms with Gasteiger partial charge < -0.3 is 20.5 Å². The fourth-order valence-corrected chi connectivity index (χ4v) is 1.04. The Morgan fingerprint density at radius 3 is 2.69 bits per heavy atom. The van der Waals surface area contributed by atoms with Crippen molar-refractivity contribution < 1.29 is 14.6 Å². The van der Waals surface area contributed by atoms with Gasteiger partial charge in [0.05, 0.1) is 19.8 Å². The first-order chi connectivity index (χ1) is 7.66. The maximum Gasteiger partial charge on any atom is 0.221 e. The maximum atomic E-state index is 11.3. The van der Waals surface area contributed by atoms with E-state index >= 15 is 0 Å². The molecule has 0 spiro atoms. The summed E-state index contributed by atoms with van der Waals surface area (Å²) in [5.74, 6) is 0.571. The van der Waals surface area contributed by atoms with E-state index in [1.807, 2.05) is 0 Å². The number of carbonyl (C=O) groups excluding carboxylic acids is 1. The lowest BCUT2D eigenvalue weighted by atomic mass is 10.2. The van der Waals surface area contributed by atoms with Crippen molar-refractivity contribution in [2.75, 3.05) is 39.5 Å². The van der Waals surface area contributed by atoms with E-state index in [4.69, 9.17) is 9.84 Å². The van der Waals surface area contributed by atoms with Gasteiger partial charge in [0.2, 0.25) is 5.91 Å². The Hall–Kier alpha value is -0.650. The summed E-state index contributed by atoms with van der Waals surface area (Å²) in [6.07, 6.45) is 0.493. The summed E-state index contributed by atoms with van der Waals surface area (Å²) in [5, 5.41) is 14.4. The Balaban J connectivity index is 3.15. The SMILES string of the molecule is CC(C)CNC(=O)CCNCCOCCO. The summed E-state index contributed by atoms with van der Waals surface area (Å²) < 4.78 is 5.06. The third-order valence-corrected chi connectivity index (χ3v) is 1.90. The van der Waals surface area contributed by atoms with Crippen molar-refractivity contribution in [3.63, 3.8) is 0 Å². The Morgan fingerprint density at radius 1 is 1.31 bits per heavy atom. The average Bonchev–Trinajstić information content (AvgIpc) is 2.25. The molecule has 0 fully saturated rings. The van der Waals surface area contributed by atoms with Crippen molar-refractivity contribution >= 4 is 5.91 Å². The third-order valence-electron chi connectivity index (χ3n) is 1.90. The minimum atomic E-state index is 0.0532. The van der Waals surface area contributed by atoms with Crippen LogP contribution in [-0.4, -0.2) is 50.5 Å². The number of amides is 1. The molecule has 0 aliphatic carbocycles. The monoisotopic (exact) mass is 232 g/mol. The summed E-state index contributed by atoms with van der Waals surface area (Å²) in [6, 6.07) is 0. The predicted molar refractivity (Wildman–Crippen MR) is 63.2 cm³/mol. The molecule has 0 heterocycles. The molecule has 96 valence electrons. The molecule has 3 N–H and O–H groups in total. The number of hydrogen-bond donors (Lipinski definition) is 3. The second kappa shape index (κ2) is 10.9. The van der Waals surface area contributed by atoms with Crippen molar-refractivity contribution in [2.24, 2.45) is 5.92 Å². The van der Waals surface area contributed by atoms with Crippen LogP contribution in [0.15, 0.2) is 0 Å². The Labute approximate surface area is 97.6 Å². The average molecular weight is 232 g/mol. The molecule has 1 amide bonds. The molecule has 0 saturated heterocycles. The van der Waals surface area contributed by atoms with Gasteiger partial charge in [0.25, 0.3) is 0 Å². The molecule has 0 radical (unpaired) electrons. The van der Waals surface area contributed by atoms with Crippen LogP contribution in [0, 0.1) is 5.92 Å². The van der Waals surface area contributed by atoms with Gasteiger partial charge in [-0.3, -0.25) is 4.79 Å². The molecule has 0 aromatic carbocycles. The Kier molecular flexibility index (Phi) is 10.4. The van der Waals surface area contributed by atoms with Crippen molar-refractivity contribution in [2.45, 2.75) is 20.3 Å². The fraction of sp³-hybridized carbons (Fsp3) is 0.909. The normalized spacial score (nSPS) is 10.8. The quantitative estimate of drug-likeness (QED) is 0.454. The van der Waals surface area contributed by atoms with E-state index in [0.717, 1.165) is 6.54 Å². The molecule has 0 unspecified atom stereocenters. The van der Waals surface area contributed by atoms with Crippen LogP contribution in [0.25, 0.3) is 0 Å². The summed E-state index contributed by atoms with van der Waals surface area (Å²) in [7, 11) is 0. The van der Waals surface area contributed by atoms with Crippen molar-refractivity contribution in [1.82, 2.24) is 10.6 Å². The largest absolute Gasteiger partial charge is 0.394 e. The van der Waals surface area contributed by atoms with Gasteiger partial charge >= 0.3 is 0 Å². The Morgan fingerprint density at radius 2 is 2.06 bits per heavy atom. The number of aliphatic hydroxyl groups excluding tert-OH is 1. The summed E-state index contributed by atoms with van der Waals surface area (Å²) in [4.78, 5) is 11.3. The third kappa shape index (κ3) is 11.4. The lowest BCUT2D eigenvalue weighted by Gasteiger charge is -2.08. The minimum absolute atomic E-state index is 0.0532. The highest BCUT2D eigenvalue weighted by Crippen LogP contribution is 1.87. The summed E-state index contributed by atoms with van der Waals surface area (Å²) >= 11 is 0. The van der Waals surface area contributed by atoms with Crippen LogP contribution in [0.3, 0.4) is 0 Å². The second-order valence-corrected chi connectivity index (χ2v) is 4.03. The topological polar surface area (TPSA) is 70.6 Å². The molecule has 0 rings (SSSR count). The standard InChI is InChI=1S/C11H24N2O3/c1-10(2)9-13-11(15)3-4-12-5-7-16-8-6-14/h10,12,14H,3-9H2,1-2H3,(H,13,15). The highest BCUT2D eigenvalue weighted by Gasteiger charge is 2.01. The van der Waals surface area contributed by atoms with Crippen LogP contribution in [-0.2, 0) is 9.53 Å². The van der Waals surface area contributed by atoms with Crippen LogP contribution >= 0.6 is 0 Å².